The van der Waals surface area contributed by atoms with Crippen LogP contribution in [-0.2, 0) is 11.3 Å². The number of hydrogen-bond acceptors (Lipinski definition) is 4. The number of hydrogen-bond donors (Lipinski definition) is 0. The fourth-order valence-electron chi connectivity index (χ4n) is 4.03. The summed E-state index contributed by atoms with van der Waals surface area (Å²) < 4.78 is 7.82. The van der Waals surface area contributed by atoms with Gasteiger partial charge in [-0.3, -0.25) is 9.69 Å². The molecule has 1 aliphatic rings. The molecule has 0 spiro atoms. The van der Waals surface area contributed by atoms with Crippen molar-refractivity contribution in [2.75, 3.05) is 32.8 Å². The lowest BCUT2D eigenvalue weighted by molar-refractivity contribution is -0.135. The first kappa shape index (κ1) is 19.8. The molecular weight excluding hydrogens is 412 g/mol. The fourth-order valence-corrected chi connectivity index (χ4v) is 4.20. The SMILES string of the molecule is O=C(COc1cccc2ccccc12)N1CCN(Cc2cn3cc(Cl)ccc3n2)CC1. The van der Waals surface area contributed by atoms with E-state index in [1.54, 1.807) is 0 Å². The van der Waals surface area contributed by atoms with Crippen LogP contribution in [0.2, 0.25) is 5.02 Å². The molecule has 0 saturated carbocycles. The third kappa shape index (κ3) is 4.36. The molecular formula is C24H23ClN4O2. The zero-order valence-electron chi connectivity index (χ0n) is 17.1. The van der Waals surface area contributed by atoms with Crippen LogP contribution in [0.5, 0.6) is 5.75 Å². The van der Waals surface area contributed by atoms with Crippen molar-refractivity contribution < 1.29 is 9.53 Å². The highest BCUT2D eigenvalue weighted by Gasteiger charge is 2.22. The van der Waals surface area contributed by atoms with E-state index in [1.165, 1.54) is 0 Å². The van der Waals surface area contributed by atoms with Gasteiger partial charge in [0.15, 0.2) is 6.61 Å². The minimum Gasteiger partial charge on any atom is -0.483 e. The van der Waals surface area contributed by atoms with Crippen LogP contribution in [-0.4, -0.2) is 57.9 Å². The van der Waals surface area contributed by atoms with Crippen molar-refractivity contribution in [3.8, 4) is 5.75 Å². The van der Waals surface area contributed by atoms with Gasteiger partial charge in [0.25, 0.3) is 5.91 Å². The van der Waals surface area contributed by atoms with E-state index >= 15 is 0 Å². The van der Waals surface area contributed by atoms with Crippen molar-refractivity contribution in [3.63, 3.8) is 0 Å². The minimum atomic E-state index is 0.0231. The summed E-state index contributed by atoms with van der Waals surface area (Å²) in [7, 11) is 0. The molecule has 0 N–H and O–H groups in total. The molecule has 1 aliphatic heterocycles. The van der Waals surface area contributed by atoms with Gasteiger partial charge in [-0.05, 0) is 23.6 Å². The Hall–Kier alpha value is -3.09. The van der Waals surface area contributed by atoms with Gasteiger partial charge in [0, 0.05) is 50.5 Å². The topological polar surface area (TPSA) is 50.1 Å². The van der Waals surface area contributed by atoms with Crippen molar-refractivity contribution >= 4 is 33.9 Å². The number of carbonyl (C=O) groups excluding carboxylic acids is 1. The van der Waals surface area contributed by atoms with Crippen LogP contribution in [0.1, 0.15) is 5.69 Å². The molecule has 4 aromatic rings. The van der Waals surface area contributed by atoms with E-state index in [4.69, 9.17) is 16.3 Å². The van der Waals surface area contributed by atoms with Crippen LogP contribution in [0.15, 0.2) is 67.0 Å². The van der Waals surface area contributed by atoms with Crippen LogP contribution < -0.4 is 4.74 Å². The summed E-state index contributed by atoms with van der Waals surface area (Å²) in [5, 5.41) is 2.82. The van der Waals surface area contributed by atoms with E-state index < -0.39 is 0 Å². The highest BCUT2D eigenvalue weighted by atomic mass is 35.5. The van der Waals surface area contributed by atoms with Crippen LogP contribution in [0.3, 0.4) is 0 Å². The Morgan fingerprint density at radius 3 is 2.65 bits per heavy atom. The lowest BCUT2D eigenvalue weighted by Gasteiger charge is -2.34. The zero-order chi connectivity index (χ0) is 21.2. The van der Waals surface area contributed by atoms with Crippen molar-refractivity contribution in [2.45, 2.75) is 6.54 Å². The van der Waals surface area contributed by atoms with Gasteiger partial charge >= 0.3 is 0 Å². The molecule has 3 heterocycles. The predicted octanol–water partition coefficient (Wildman–Crippen LogP) is 3.86. The van der Waals surface area contributed by atoms with Gasteiger partial charge in [-0.25, -0.2) is 4.98 Å². The van der Waals surface area contributed by atoms with Gasteiger partial charge in [-0.1, -0.05) is 48.0 Å². The number of piperazine rings is 1. The second-order valence-corrected chi connectivity index (χ2v) is 8.20. The Bertz CT molecular complexity index is 1230. The Balaban J connectivity index is 1.15. The van der Waals surface area contributed by atoms with Gasteiger partial charge < -0.3 is 14.0 Å². The van der Waals surface area contributed by atoms with Crippen LogP contribution >= 0.6 is 11.6 Å². The number of fused-ring (bicyclic) bond motifs is 2. The molecule has 1 amide bonds. The minimum absolute atomic E-state index is 0.0231. The molecule has 2 aromatic carbocycles. The van der Waals surface area contributed by atoms with Gasteiger partial charge in [0.1, 0.15) is 11.4 Å². The van der Waals surface area contributed by atoms with Gasteiger partial charge in [-0.15, -0.1) is 0 Å². The monoisotopic (exact) mass is 434 g/mol. The average Bonchev–Trinajstić information content (AvgIpc) is 3.19. The largest absolute Gasteiger partial charge is 0.483 e. The molecule has 0 radical (unpaired) electrons. The summed E-state index contributed by atoms with van der Waals surface area (Å²) in [6, 6.07) is 17.7. The van der Waals surface area contributed by atoms with E-state index in [2.05, 4.69) is 9.88 Å². The normalized spacial score (nSPS) is 14.9. The maximum Gasteiger partial charge on any atom is 0.260 e. The fraction of sp³-hybridized carbons (Fsp3) is 0.250. The van der Waals surface area contributed by atoms with Crippen molar-refractivity contribution in [1.29, 1.82) is 0 Å². The highest BCUT2D eigenvalue weighted by Crippen LogP contribution is 2.25. The number of nitrogens with zero attached hydrogens (tertiary/aromatic N) is 4. The second-order valence-electron chi connectivity index (χ2n) is 7.77. The van der Waals surface area contributed by atoms with Crippen molar-refractivity contribution in [2.24, 2.45) is 0 Å². The molecule has 0 aliphatic carbocycles. The molecule has 31 heavy (non-hydrogen) atoms. The number of amides is 1. The molecule has 0 atom stereocenters. The first-order valence-electron chi connectivity index (χ1n) is 10.4. The third-order valence-corrected chi connectivity index (χ3v) is 5.90. The smallest absolute Gasteiger partial charge is 0.260 e. The zero-order valence-corrected chi connectivity index (χ0v) is 17.8. The first-order valence-corrected chi connectivity index (χ1v) is 10.8. The first-order chi connectivity index (χ1) is 15.2. The number of imidazole rings is 1. The summed E-state index contributed by atoms with van der Waals surface area (Å²) >= 11 is 6.05. The summed E-state index contributed by atoms with van der Waals surface area (Å²) in [5.41, 5.74) is 1.89. The molecule has 1 fully saturated rings. The number of halogens is 1. The third-order valence-electron chi connectivity index (χ3n) is 5.68. The molecule has 0 bridgehead atoms. The number of carbonyl (C=O) groups is 1. The number of ether oxygens (including phenoxy) is 1. The molecule has 158 valence electrons. The molecule has 7 heteroatoms. The molecule has 2 aromatic heterocycles. The summed E-state index contributed by atoms with van der Waals surface area (Å²) in [6.45, 7) is 3.83. The van der Waals surface area contributed by atoms with E-state index in [9.17, 15) is 4.79 Å². The Morgan fingerprint density at radius 1 is 0.968 bits per heavy atom. The van der Waals surface area contributed by atoms with E-state index in [0.717, 1.165) is 47.5 Å². The van der Waals surface area contributed by atoms with Gasteiger partial charge in [-0.2, -0.15) is 0 Å². The van der Waals surface area contributed by atoms with Crippen LogP contribution in [0, 0.1) is 0 Å². The van der Waals surface area contributed by atoms with Crippen LogP contribution in [0.25, 0.3) is 16.4 Å². The summed E-state index contributed by atoms with van der Waals surface area (Å²) in [5.74, 6) is 0.770. The van der Waals surface area contributed by atoms with Crippen molar-refractivity contribution in [1.82, 2.24) is 19.2 Å². The maximum absolute atomic E-state index is 12.7. The molecule has 0 unspecified atom stereocenters. The van der Waals surface area contributed by atoms with Gasteiger partial charge in [0.2, 0.25) is 0 Å². The highest BCUT2D eigenvalue weighted by molar-refractivity contribution is 6.30. The van der Waals surface area contributed by atoms with E-state index in [0.29, 0.717) is 18.1 Å². The quantitative estimate of drug-likeness (QED) is 0.478. The molecule has 6 nitrogen and oxygen atoms in total. The summed E-state index contributed by atoms with van der Waals surface area (Å²) in [4.78, 5) is 21.5. The number of aromatic nitrogens is 2. The van der Waals surface area contributed by atoms with E-state index in [-0.39, 0.29) is 12.5 Å². The number of benzene rings is 2. The van der Waals surface area contributed by atoms with Gasteiger partial charge in [0.05, 0.1) is 10.7 Å². The lowest BCUT2D eigenvalue weighted by atomic mass is 10.1. The van der Waals surface area contributed by atoms with E-state index in [1.807, 2.05) is 76.3 Å². The molecule has 1 saturated heterocycles. The Labute approximate surface area is 185 Å². The molecule has 5 rings (SSSR count). The van der Waals surface area contributed by atoms with Crippen molar-refractivity contribution in [3.05, 3.63) is 77.7 Å². The Morgan fingerprint density at radius 2 is 1.77 bits per heavy atom. The number of pyridine rings is 1. The standard InChI is InChI=1S/C24H23ClN4O2/c25-19-8-9-23-26-20(16-29(23)14-19)15-27-10-12-28(13-11-27)24(30)17-31-22-7-3-5-18-4-1-2-6-21(18)22/h1-9,14,16H,10-13,15,17H2. The maximum atomic E-state index is 12.7. The lowest BCUT2D eigenvalue weighted by Crippen LogP contribution is -2.49. The predicted molar refractivity (Wildman–Crippen MR) is 122 cm³/mol. The second kappa shape index (κ2) is 8.57. The van der Waals surface area contributed by atoms with Crippen LogP contribution in [0.4, 0.5) is 0 Å². The number of rotatable bonds is 5. The summed E-state index contributed by atoms with van der Waals surface area (Å²) in [6.07, 6.45) is 3.87. The Kier molecular flexibility index (Phi) is 5.49. The average molecular weight is 435 g/mol.